The summed E-state index contributed by atoms with van der Waals surface area (Å²) in [4.78, 5) is 68.8. The van der Waals surface area contributed by atoms with Gasteiger partial charge in [0, 0.05) is 38.6 Å². The van der Waals surface area contributed by atoms with E-state index in [9.17, 15) is 32.4 Å². The van der Waals surface area contributed by atoms with Crippen molar-refractivity contribution in [2.45, 2.75) is 98.8 Å². The fourth-order valence-corrected chi connectivity index (χ4v) is 8.29. The third-order valence-electron chi connectivity index (χ3n) is 9.93. The van der Waals surface area contributed by atoms with E-state index >= 15 is 0 Å². The van der Waals surface area contributed by atoms with Crippen molar-refractivity contribution < 1.29 is 32.4 Å². The highest BCUT2D eigenvalue weighted by atomic mass is 32.2. The van der Waals surface area contributed by atoms with Gasteiger partial charge in [0.1, 0.15) is 12.1 Å². The summed E-state index contributed by atoms with van der Waals surface area (Å²) in [5.41, 5.74) is -1.52. The molecule has 3 rings (SSSR count). The van der Waals surface area contributed by atoms with E-state index in [1.54, 1.807) is 20.8 Å². The van der Waals surface area contributed by atoms with Gasteiger partial charge in [-0.3, -0.25) is 19.2 Å². The minimum atomic E-state index is -3.40. The second-order valence-electron chi connectivity index (χ2n) is 15.9. The molecule has 48 heavy (non-hydrogen) atoms. The standard InChI is InChI=1S/C34H54N6O7S/c1-11-13-15-22(26(41)29(43)35-16-12-2)36-28(42)25-24-21(34(24,9)10)19-40(25)30(44)27(33(6,7)8)38-31(45)37-23(32(3,4)5)20-39-17-14-18-48(39,46)47/h1,12,21-25,27H,2,13-20H2,3-10H3,(H,35,43)(H,36,42)(H2,37,38,45)/t21-,22?,23+,24?,25-,27+/m0/s1. The number of carbonyl (C=O) groups excluding carboxylic acids is 5. The first-order valence-corrected chi connectivity index (χ1v) is 18.2. The Kier molecular flexibility index (Phi) is 11.8. The van der Waals surface area contributed by atoms with Crippen molar-refractivity contribution in [3.05, 3.63) is 12.7 Å². The zero-order chi connectivity index (χ0) is 36.4. The molecule has 1 saturated carbocycles. The van der Waals surface area contributed by atoms with Crippen molar-refractivity contribution in [1.82, 2.24) is 30.5 Å². The Hall–Kier alpha value is -3.44. The number of carbonyl (C=O) groups is 5. The van der Waals surface area contributed by atoms with E-state index in [0.29, 0.717) is 13.0 Å². The first-order chi connectivity index (χ1) is 22.1. The summed E-state index contributed by atoms with van der Waals surface area (Å²) in [5.74, 6) is -0.399. The number of likely N-dealkylation sites (tertiary alicyclic amines) is 1. The Bertz CT molecular complexity index is 1440. The molecule has 3 fully saturated rings. The number of piperidine rings is 1. The van der Waals surface area contributed by atoms with Crippen molar-refractivity contribution >= 4 is 39.6 Å². The van der Waals surface area contributed by atoms with Crippen molar-refractivity contribution in [2.24, 2.45) is 28.1 Å². The zero-order valence-corrected chi connectivity index (χ0v) is 30.5. The molecule has 0 aromatic rings. The van der Waals surface area contributed by atoms with Gasteiger partial charge in [-0.2, -0.15) is 4.31 Å². The maximum Gasteiger partial charge on any atom is 0.315 e. The van der Waals surface area contributed by atoms with Gasteiger partial charge in [0.2, 0.25) is 27.6 Å². The summed E-state index contributed by atoms with van der Waals surface area (Å²) in [6.07, 6.45) is 7.56. The SMILES string of the molecule is C#CCCC(NC(=O)[C@@H]1C2[C@H](CN1C(=O)[C@@H](NC(=O)N[C@H](CN1CCCS1(=O)=O)C(C)(C)C)C(C)(C)C)C2(C)C)C(=O)C(=O)NCC=C. The van der Waals surface area contributed by atoms with E-state index in [1.807, 2.05) is 34.6 Å². The Morgan fingerprint density at radius 2 is 1.69 bits per heavy atom. The van der Waals surface area contributed by atoms with Crippen LogP contribution in [0.15, 0.2) is 12.7 Å². The van der Waals surface area contributed by atoms with Gasteiger partial charge in [0.05, 0.1) is 11.8 Å². The highest BCUT2D eigenvalue weighted by Crippen LogP contribution is 2.65. The molecule has 268 valence electrons. The largest absolute Gasteiger partial charge is 0.346 e. The van der Waals surface area contributed by atoms with Crippen LogP contribution in [0.1, 0.15) is 74.7 Å². The van der Waals surface area contributed by atoms with E-state index < -0.39 is 74.6 Å². The molecule has 2 unspecified atom stereocenters. The number of terminal acetylenes is 1. The molecule has 0 bridgehead atoms. The molecule has 3 aliphatic rings. The van der Waals surface area contributed by atoms with Crippen LogP contribution in [0.25, 0.3) is 0 Å². The zero-order valence-electron chi connectivity index (χ0n) is 29.6. The third-order valence-corrected chi connectivity index (χ3v) is 11.9. The van der Waals surface area contributed by atoms with Crippen LogP contribution in [0.3, 0.4) is 0 Å². The number of nitrogens with one attached hydrogen (secondary N) is 4. The van der Waals surface area contributed by atoms with E-state index in [4.69, 9.17) is 6.42 Å². The van der Waals surface area contributed by atoms with Crippen LogP contribution in [0.4, 0.5) is 4.79 Å². The Morgan fingerprint density at radius 1 is 1.04 bits per heavy atom. The maximum atomic E-state index is 14.3. The number of Topliss-reactive ketones (excluding diaryl/α,β-unsaturated/α-hetero) is 1. The Labute approximate surface area is 285 Å². The minimum absolute atomic E-state index is 0.0232. The quantitative estimate of drug-likeness (QED) is 0.128. The smallest absolute Gasteiger partial charge is 0.315 e. The lowest BCUT2D eigenvalue weighted by molar-refractivity contribution is -0.145. The lowest BCUT2D eigenvalue weighted by Gasteiger charge is -2.39. The van der Waals surface area contributed by atoms with Crippen molar-refractivity contribution in [1.29, 1.82) is 0 Å². The molecular weight excluding hydrogens is 636 g/mol. The third kappa shape index (κ3) is 8.77. The van der Waals surface area contributed by atoms with Crippen LogP contribution in [-0.4, -0.2) is 103 Å². The van der Waals surface area contributed by atoms with Gasteiger partial charge < -0.3 is 26.2 Å². The Morgan fingerprint density at radius 3 is 2.21 bits per heavy atom. The van der Waals surface area contributed by atoms with Crippen LogP contribution in [0, 0.1) is 40.4 Å². The summed E-state index contributed by atoms with van der Waals surface area (Å²) in [7, 11) is -3.40. The van der Waals surface area contributed by atoms with Crippen molar-refractivity contribution in [3.8, 4) is 12.3 Å². The normalized spacial score (nSPS) is 24.6. The lowest BCUT2D eigenvalue weighted by atomic mass is 9.85. The fraction of sp³-hybridized carbons (Fsp3) is 0.735. The molecule has 5 amide bonds. The fourth-order valence-electron chi connectivity index (χ4n) is 6.76. The number of ketones is 1. The van der Waals surface area contributed by atoms with Gasteiger partial charge >= 0.3 is 6.03 Å². The molecule has 14 heteroatoms. The van der Waals surface area contributed by atoms with Crippen LogP contribution < -0.4 is 21.3 Å². The molecular formula is C34H54N6O7S. The molecule has 0 aromatic heterocycles. The number of fused-ring (bicyclic) bond motifs is 1. The number of urea groups is 1. The molecule has 0 aromatic carbocycles. The van der Waals surface area contributed by atoms with Crippen LogP contribution in [0.5, 0.6) is 0 Å². The van der Waals surface area contributed by atoms with Crippen LogP contribution in [-0.2, 0) is 29.2 Å². The van der Waals surface area contributed by atoms with Crippen LogP contribution >= 0.6 is 0 Å². The van der Waals surface area contributed by atoms with E-state index in [0.717, 1.165) is 0 Å². The first kappa shape index (κ1) is 39.0. The second-order valence-corrected chi connectivity index (χ2v) is 18.0. The number of hydrogen-bond donors (Lipinski definition) is 4. The average Bonchev–Trinajstić information content (AvgIpc) is 3.26. The lowest BCUT2D eigenvalue weighted by Crippen LogP contribution is -2.62. The first-order valence-electron chi connectivity index (χ1n) is 16.6. The van der Waals surface area contributed by atoms with Gasteiger partial charge in [-0.05, 0) is 40.9 Å². The van der Waals surface area contributed by atoms with Crippen molar-refractivity contribution in [2.75, 3.05) is 31.9 Å². The average molecular weight is 691 g/mol. The van der Waals surface area contributed by atoms with E-state index in [2.05, 4.69) is 33.8 Å². The molecule has 2 aliphatic heterocycles. The number of sulfonamides is 1. The molecule has 6 atom stereocenters. The van der Waals surface area contributed by atoms with E-state index in [1.165, 1.54) is 15.3 Å². The topological polar surface area (TPSA) is 174 Å². The molecule has 2 heterocycles. The molecule has 1 aliphatic carbocycles. The summed E-state index contributed by atoms with van der Waals surface area (Å²) >= 11 is 0. The summed E-state index contributed by atoms with van der Waals surface area (Å²) in [6, 6.07) is -4.36. The van der Waals surface area contributed by atoms with Crippen LogP contribution in [0.2, 0.25) is 0 Å². The number of rotatable bonds is 13. The molecule has 0 radical (unpaired) electrons. The van der Waals surface area contributed by atoms with Gasteiger partial charge in [0.25, 0.3) is 5.91 Å². The highest BCUT2D eigenvalue weighted by molar-refractivity contribution is 7.89. The maximum absolute atomic E-state index is 14.3. The molecule has 4 N–H and O–H groups in total. The van der Waals surface area contributed by atoms with Crippen molar-refractivity contribution in [3.63, 3.8) is 0 Å². The highest BCUT2D eigenvalue weighted by Gasteiger charge is 2.70. The van der Waals surface area contributed by atoms with Gasteiger partial charge in [-0.25, -0.2) is 13.2 Å². The predicted molar refractivity (Wildman–Crippen MR) is 183 cm³/mol. The number of hydrogen-bond acceptors (Lipinski definition) is 7. The summed E-state index contributed by atoms with van der Waals surface area (Å²) in [5, 5.41) is 10.9. The summed E-state index contributed by atoms with van der Waals surface area (Å²) < 4.78 is 26.4. The predicted octanol–water partition coefficient (Wildman–Crippen LogP) is 1.40. The summed E-state index contributed by atoms with van der Waals surface area (Å²) in [6.45, 7) is 19.5. The minimum Gasteiger partial charge on any atom is -0.346 e. The molecule has 2 saturated heterocycles. The van der Waals surface area contributed by atoms with Gasteiger partial charge in [-0.15, -0.1) is 18.9 Å². The second kappa shape index (κ2) is 14.6. The van der Waals surface area contributed by atoms with Gasteiger partial charge in [-0.1, -0.05) is 61.5 Å². The molecule has 0 spiro atoms. The number of amides is 5. The van der Waals surface area contributed by atoms with E-state index in [-0.39, 0.29) is 55.5 Å². The molecule has 13 nitrogen and oxygen atoms in total. The van der Waals surface area contributed by atoms with Gasteiger partial charge in [0.15, 0.2) is 0 Å². The number of nitrogens with zero attached hydrogens (tertiary/aromatic N) is 2. The monoisotopic (exact) mass is 690 g/mol. The Balaban J connectivity index is 1.83.